The van der Waals surface area contributed by atoms with Crippen molar-refractivity contribution in [2.75, 3.05) is 16.8 Å². The van der Waals surface area contributed by atoms with Gasteiger partial charge in [-0.1, -0.05) is 13.8 Å². The highest BCUT2D eigenvalue weighted by molar-refractivity contribution is 9.10. The molecule has 0 bridgehead atoms. The van der Waals surface area contributed by atoms with Crippen LogP contribution < -0.4 is 10.1 Å². The lowest BCUT2D eigenvalue weighted by molar-refractivity contribution is -0.274. The second-order valence-electron chi connectivity index (χ2n) is 5.70. The Morgan fingerprint density at radius 1 is 1.38 bits per heavy atom. The molecule has 0 saturated carbocycles. The first-order valence-electron chi connectivity index (χ1n) is 6.57. The molecule has 0 amide bonds. The summed E-state index contributed by atoms with van der Waals surface area (Å²) in [5.74, 6) is 1.91. The fraction of sp³-hybridized carbons (Fsp3) is 0.571. The maximum absolute atomic E-state index is 12.2. The molecule has 1 N–H and O–H groups in total. The normalized spacial score (nSPS) is 21.9. The number of ether oxygens (including phenoxy) is 1. The minimum absolute atomic E-state index is 0.166. The first-order chi connectivity index (χ1) is 9.67. The lowest BCUT2D eigenvalue weighted by atomic mass is 9.82. The molecule has 0 aromatic heterocycles. The van der Waals surface area contributed by atoms with Gasteiger partial charge in [-0.2, -0.15) is 11.8 Å². The van der Waals surface area contributed by atoms with Crippen LogP contribution in [-0.2, 0) is 0 Å². The van der Waals surface area contributed by atoms with Gasteiger partial charge in [0.15, 0.2) is 0 Å². The van der Waals surface area contributed by atoms with E-state index in [2.05, 4.69) is 39.8 Å². The Balaban J connectivity index is 2.10. The predicted molar refractivity (Wildman–Crippen MR) is 84.0 cm³/mol. The van der Waals surface area contributed by atoms with E-state index >= 15 is 0 Å². The third kappa shape index (κ3) is 4.71. The quantitative estimate of drug-likeness (QED) is 0.765. The van der Waals surface area contributed by atoms with Gasteiger partial charge in [0.1, 0.15) is 5.75 Å². The van der Waals surface area contributed by atoms with Gasteiger partial charge in [0.25, 0.3) is 0 Å². The van der Waals surface area contributed by atoms with Crippen LogP contribution in [0.4, 0.5) is 18.9 Å². The van der Waals surface area contributed by atoms with Crippen LogP contribution in [0.2, 0.25) is 0 Å². The summed E-state index contributed by atoms with van der Waals surface area (Å²) in [6.45, 7) is 4.42. The topological polar surface area (TPSA) is 21.3 Å². The Bertz CT molecular complexity index is 507. The molecule has 2 nitrogen and oxygen atoms in total. The van der Waals surface area contributed by atoms with E-state index in [1.165, 1.54) is 6.07 Å². The Hall–Kier alpha value is -0.560. The molecule has 1 unspecified atom stereocenters. The molecule has 1 aliphatic heterocycles. The molecule has 118 valence electrons. The van der Waals surface area contributed by atoms with Crippen molar-refractivity contribution >= 4 is 33.4 Å². The maximum Gasteiger partial charge on any atom is 0.573 e. The van der Waals surface area contributed by atoms with E-state index in [0.29, 0.717) is 0 Å². The molecule has 0 radical (unpaired) electrons. The summed E-state index contributed by atoms with van der Waals surface area (Å²) >= 11 is 5.02. The van der Waals surface area contributed by atoms with Gasteiger partial charge in [0.05, 0.1) is 4.47 Å². The molecule has 1 fully saturated rings. The van der Waals surface area contributed by atoms with Crippen LogP contribution in [0.3, 0.4) is 0 Å². The predicted octanol–water partition coefficient (Wildman–Crippen LogP) is 5.29. The second-order valence-corrected chi connectivity index (χ2v) is 7.71. The summed E-state index contributed by atoms with van der Waals surface area (Å²) in [7, 11) is 0. The van der Waals surface area contributed by atoms with Gasteiger partial charge in [0, 0.05) is 17.5 Å². The highest BCUT2D eigenvalue weighted by Gasteiger charge is 2.33. The van der Waals surface area contributed by atoms with E-state index in [1.54, 1.807) is 12.1 Å². The Labute approximate surface area is 134 Å². The highest BCUT2D eigenvalue weighted by atomic mass is 79.9. The van der Waals surface area contributed by atoms with Crippen molar-refractivity contribution in [3.05, 3.63) is 22.7 Å². The fourth-order valence-electron chi connectivity index (χ4n) is 2.17. The number of anilines is 1. The molecule has 21 heavy (non-hydrogen) atoms. The van der Waals surface area contributed by atoms with Crippen molar-refractivity contribution in [1.82, 2.24) is 0 Å². The smallest absolute Gasteiger partial charge is 0.405 e. The maximum atomic E-state index is 12.2. The third-order valence-electron chi connectivity index (χ3n) is 3.62. The van der Waals surface area contributed by atoms with E-state index < -0.39 is 6.36 Å². The molecule has 0 aliphatic carbocycles. The summed E-state index contributed by atoms with van der Waals surface area (Å²) in [4.78, 5) is 0. The van der Waals surface area contributed by atoms with Crippen molar-refractivity contribution in [3.8, 4) is 5.75 Å². The van der Waals surface area contributed by atoms with Gasteiger partial charge in [-0.05, 0) is 51.7 Å². The summed E-state index contributed by atoms with van der Waals surface area (Å²) < 4.78 is 40.9. The number of hydrogen-bond acceptors (Lipinski definition) is 3. The number of thioether (sulfide) groups is 1. The largest absolute Gasteiger partial charge is 0.573 e. The number of rotatable bonds is 3. The first kappa shape index (κ1) is 16.8. The molecular weight excluding hydrogens is 367 g/mol. The summed E-state index contributed by atoms with van der Waals surface area (Å²) in [5.41, 5.74) is 0.954. The van der Waals surface area contributed by atoms with Crippen molar-refractivity contribution in [2.45, 2.75) is 32.7 Å². The van der Waals surface area contributed by atoms with E-state index in [0.717, 1.165) is 23.6 Å². The van der Waals surface area contributed by atoms with Crippen LogP contribution in [-0.4, -0.2) is 23.9 Å². The minimum Gasteiger partial charge on any atom is -0.405 e. The lowest BCUT2D eigenvalue weighted by Gasteiger charge is -2.39. The molecular formula is C14H17BrF3NOS. The van der Waals surface area contributed by atoms with Gasteiger partial charge in [-0.25, -0.2) is 0 Å². The van der Waals surface area contributed by atoms with Crippen molar-refractivity contribution in [3.63, 3.8) is 0 Å². The third-order valence-corrected chi connectivity index (χ3v) is 5.30. The average molecular weight is 384 g/mol. The standard InChI is InChI=1S/C14H17BrF3NOS/c1-13(2)5-6-21-8-12(13)19-9-3-4-11(10(15)7-9)20-14(16,17)18/h3-4,7,12,19H,5-6,8H2,1-2H3. The minimum atomic E-state index is -4.68. The number of alkyl halides is 3. The average Bonchev–Trinajstić information content (AvgIpc) is 2.34. The Morgan fingerprint density at radius 3 is 2.67 bits per heavy atom. The Morgan fingerprint density at radius 2 is 2.10 bits per heavy atom. The number of nitrogens with one attached hydrogen (secondary N) is 1. The molecule has 1 heterocycles. The highest BCUT2D eigenvalue weighted by Crippen LogP contribution is 2.37. The fourth-order valence-corrected chi connectivity index (χ4v) is 4.24. The number of benzene rings is 1. The van der Waals surface area contributed by atoms with Gasteiger partial charge >= 0.3 is 6.36 Å². The van der Waals surface area contributed by atoms with Crippen LogP contribution in [0.25, 0.3) is 0 Å². The van der Waals surface area contributed by atoms with Crippen molar-refractivity contribution in [1.29, 1.82) is 0 Å². The lowest BCUT2D eigenvalue weighted by Crippen LogP contribution is -2.41. The molecule has 1 aliphatic rings. The zero-order valence-electron chi connectivity index (χ0n) is 11.8. The molecule has 1 saturated heterocycles. The van der Waals surface area contributed by atoms with E-state index in [4.69, 9.17) is 0 Å². The zero-order chi connectivity index (χ0) is 15.7. The number of hydrogen-bond donors (Lipinski definition) is 1. The zero-order valence-corrected chi connectivity index (χ0v) is 14.2. The summed E-state index contributed by atoms with van der Waals surface area (Å²) in [5, 5.41) is 3.41. The van der Waals surface area contributed by atoms with Crippen LogP contribution >= 0.6 is 27.7 Å². The SMILES string of the molecule is CC1(C)CCSCC1Nc1ccc(OC(F)(F)F)c(Br)c1. The van der Waals surface area contributed by atoms with Gasteiger partial charge in [-0.3, -0.25) is 0 Å². The van der Waals surface area contributed by atoms with Crippen molar-refractivity contribution in [2.24, 2.45) is 5.41 Å². The van der Waals surface area contributed by atoms with E-state index in [-0.39, 0.29) is 21.7 Å². The second kappa shape index (κ2) is 6.28. The molecule has 0 spiro atoms. The van der Waals surface area contributed by atoms with Gasteiger partial charge in [-0.15, -0.1) is 13.2 Å². The number of halogens is 4. The molecule has 1 aromatic carbocycles. The first-order valence-corrected chi connectivity index (χ1v) is 8.52. The molecule has 2 rings (SSSR count). The van der Waals surface area contributed by atoms with Gasteiger partial charge in [0.2, 0.25) is 0 Å². The summed E-state index contributed by atoms with van der Waals surface area (Å²) in [6.07, 6.45) is -3.56. The van der Waals surface area contributed by atoms with Crippen LogP contribution in [0.15, 0.2) is 22.7 Å². The molecule has 7 heteroatoms. The molecule has 1 aromatic rings. The van der Waals surface area contributed by atoms with Gasteiger partial charge < -0.3 is 10.1 Å². The summed E-state index contributed by atoms with van der Waals surface area (Å²) in [6, 6.07) is 4.85. The van der Waals surface area contributed by atoms with Crippen LogP contribution in [0.1, 0.15) is 20.3 Å². The van der Waals surface area contributed by atoms with Crippen LogP contribution in [0.5, 0.6) is 5.75 Å². The van der Waals surface area contributed by atoms with E-state index in [9.17, 15) is 13.2 Å². The monoisotopic (exact) mass is 383 g/mol. The van der Waals surface area contributed by atoms with E-state index in [1.807, 2.05) is 11.8 Å². The van der Waals surface area contributed by atoms with Crippen molar-refractivity contribution < 1.29 is 17.9 Å². The Kier molecular flexibility index (Phi) is 5.03. The van der Waals surface area contributed by atoms with Crippen LogP contribution in [0, 0.1) is 5.41 Å². The molecule has 1 atom stereocenters.